The third-order valence-corrected chi connectivity index (χ3v) is 4.60. The van der Waals surface area contributed by atoms with Gasteiger partial charge in [0.1, 0.15) is 5.65 Å². The molecule has 4 heteroatoms. The molecule has 3 rings (SSSR count). The monoisotopic (exact) mass is 291 g/mol. The zero-order valence-corrected chi connectivity index (χ0v) is 13.0. The predicted molar refractivity (Wildman–Crippen MR) is 83.1 cm³/mol. The minimum absolute atomic E-state index is 0.526. The number of nitrogens with zero attached hydrogens (tertiary/aromatic N) is 2. The molecule has 1 aliphatic carbocycles. The first kappa shape index (κ1) is 13.9. The van der Waals surface area contributed by atoms with E-state index in [1.165, 1.54) is 25.7 Å². The lowest BCUT2D eigenvalue weighted by atomic mass is 9.75. The SMILES string of the molecule is CC1(C)CCC(NCc2cn3cc(Cl)ccc3n2)CC1. The van der Waals surface area contributed by atoms with Crippen molar-refractivity contribution in [2.75, 3.05) is 0 Å². The van der Waals surface area contributed by atoms with Crippen LogP contribution in [0.2, 0.25) is 5.02 Å². The van der Waals surface area contributed by atoms with Gasteiger partial charge in [0.05, 0.1) is 10.7 Å². The van der Waals surface area contributed by atoms with E-state index in [4.69, 9.17) is 11.6 Å². The number of pyridine rings is 1. The summed E-state index contributed by atoms with van der Waals surface area (Å²) in [4.78, 5) is 4.61. The topological polar surface area (TPSA) is 29.3 Å². The van der Waals surface area contributed by atoms with Crippen LogP contribution in [0.3, 0.4) is 0 Å². The number of halogens is 1. The van der Waals surface area contributed by atoms with Gasteiger partial charge in [-0.2, -0.15) is 0 Å². The maximum atomic E-state index is 5.99. The molecule has 0 aliphatic heterocycles. The molecular formula is C16H22ClN3. The highest BCUT2D eigenvalue weighted by atomic mass is 35.5. The summed E-state index contributed by atoms with van der Waals surface area (Å²) in [5, 5.41) is 4.38. The first-order valence-electron chi connectivity index (χ1n) is 7.38. The zero-order valence-electron chi connectivity index (χ0n) is 12.2. The predicted octanol–water partition coefficient (Wildman–Crippen LogP) is 4.05. The second-order valence-electron chi connectivity index (χ2n) is 6.66. The molecule has 0 atom stereocenters. The molecule has 0 aromatic carbocycles. The van der Waals surface area contributed by atoms with Gasteiger partial charge in [0.25, 0.3) is 0 Å². The third-order valence-electron chi connectivity index (χ3n) is 4.38. The Morgan fingerprint density at radius 1 is 1.30 bits per heavy atom. The summed E-state index contributed by atoms with van der Waals surface area (Å²) < 4.78 is 1.99. The fourth-order valence-corrected chi connectivity index (χ4v) is 3.12. The maximum absolute atomic E-state index is 5.99. The zero-order chi connectivity index (χ0) is 14.2. The van der Waals surface area contributed by atoms with Crippen molar-refractivity contribution in [3.05, 3.63) is 35.2 Å². The van der Waals surface area contributed by atoms with Crippen molar-refractivity contribution in [3.8, 4) is 0 Å². The van der Waals surface area contributed by atoms with E-state index in [-0.39, 0.29) is 0 Å². The van der Waals surface area contributed by atoms with Gasteiger partial charge in [0, 0.05) is 25.0 Å². The van der Waals surface area contributed by atoms with Crippen molar-refractivity contribution in [1.82, 2.24) is 14.7 Å². The van der Waals surface area contributed by atoms with Crippen LogP contribution in [0.5, 0.6) is 0 Å². The molecule has 3 nitrogen and oxygen atoms in total. The molecule has 0 amide bonds. The van der Waals surface area contributed by atoms with Crippen LogP contribution in [0.4, 0.5) is 0 Å². The van der Waals surface area contributed by atoms with Gasteiger partial charge in [0.2, 0.25) is 0 Å². The standard InChI is InChI=1S/C16H22ClN3/c1-16(2)7-5-13(6-8-16)18-9-14-11-20-10-12(17)3-4-15(20)19-14/h3-4,10-11,13,18H,5-9H2,1-2H3. The van der Waals surface area contributed by atoms with E-state index >= 15 is 0 Å². The summed E-state index contributed by atoms with van der Waals surface area (Å²) in [7, 11) is 0. The molecule has 1 saturated carbocycles. The lowest BCUT2D eigenvalue weighted by Gasteiger charge is -2.34. The van der Waals surface area contributed by atoms with E-state index < -0.39 is 0 Å². The van der Waals surface area contributed by atoms with Crippen LogP contribution in [0, 0.1) is 5.41 Å². The molecule has 0 bridgehead atoms. The number of rotatable bonds is 3. The van der Waals surface area contributed by atoms with Crippen LogP contribution in [-0.2, 0) is 6.54 Å². The fourth-order valence-electron chi connectivity index (χ4n) is 2.95. The van der Waals surface area contributed by atoms with Crippen LogP contribution in [-0.4, -0.2) is 15.4 Å². The van der Waals surface area contributed by atoms with Crippen LogP contribution >= 0.6 is 11.6 Å². The van der Waals surface area contributed by atoms with Gasteiger partial charge in [-0.3, -0.25) is 0 Å². The van der Waals surface area contributed by atoms with Gasteiger partial charge >= 0.3 is 0 Å². The molecule has 1 fully saturated rings. The van der Waals surface area contributed by atoms with Gasteiger partial charge in [-0.1, -0.05) is 25.4 Å². The quantitative estimate of drug-likeness (QED) is 0.924. The largest absolute Gasteiger partial charge is 0.308 e. The molecular weight excluding hydrogens is 270 g/mol. The van der Waals surface area contributed by atoms with Gasteiger partial charge < -0.3 is 9.72 Å². The molecule has 0 spiro atoms. The Hall–Kier alpha value is -1.06. The first-order chi connectivity index (χ1) is 9.52. The number of hydrogen-bond acceptors (Lipinski definition) is 2. The van der Waals surface area contributed by atoms with Crippen molar-refractivity contribution in [2.45, 2.75) is 52.1 Å². The summed E-state index contributed by atoms with van der Waals surface area (Å²) in [6.45, 7) is 5.58. The van der Waals surface area contributed by atoms with E-state index in [2.05, 4.69) is 30.3 Å². The summed E-state index contributed by atoms with van der Waals surface area (Å²) in [6.07, 6.45) is 9.12. The number of hydrogen-bond donors (Lipinski definition) is 1. The van der Waals surface area contributed by atoms with Crippen molar-refractivity contribution >= 4 is 17.2 Å². The molecule has 0 unspecified atom stereocenters. The second kappa shape index (κ2) is 5.38. The number of fused-ring (bicyclic) bond motifs is 1. The molecule has 2 aromatic heterocycles. The molecule has 0 saturated heterocycles. The highest BCUT2D eigenvalue weighted by Crippen LogP contribution is 2.35. The summed E-state index contributed by atoms with van der Waals surface area (Å²) >= 11 is 5.99. The average molecular weight is 292 g/mol. The molecule has 1 aliphatic rings. The van der Waals surface area contributed by atoms with Crippen LogP contribution in [0.1, 0.15) is 45.2 Å². The molecule has 2 aromatic rings. The molecule has 1 N–H and O–H groups in total. The highest BCUT2D eigenvalue weighted by Gasteiger charge is 2.26. The molecule has 2 heterocycles. The molecule has 20 heavy (non-hydrogen) atoms. The summed E-state index contributed by atoms with van der Waals surface area (Å²) in [5.41, 5.74) is 2.56. The van der Waals surface area contributed by atoms with E-state index in [1.807, 2.05) is 22.7 Å². The Labute approximate surface area is 125 Å². The van der Waals surface area contributed by atoms with E-state index in [0.717, 1.165) is 22.9 Å². The van der Waals surface area contributed by atoms with Crippen molar-refractivity contribution in [2.24, 2.45) is 5.41 Å². The Bertz CT molecular complexity index is 593. The van der Waals surface area contributed by atoms with Crippen molar-refractivity contribution in [3.63, 3.8) is 0 Å². The Kier molecular flexibility index (Phi) is 3.74. The van der Waals surface area contributed by atoms with Gasteiger partial charge in [-0.25, -0.2) is 4.98 Å². The lowest BCUT2D eigenvalue weighted by Crippen LogP contribution is -2.35. The van der Waals surface area contributed by atoms with Crippen LogP contribution in [0.25, 0.3) is 5.65 Å². The Balaban J connectivity index is 1.60. The van der Waals surface area contributed by atoms with E-state index in [0.29, 0.717) is 11.5 Å². The normalized spacial score (nSPS) is 19.6. The highest BCUT2D eigenvalue weighted by molar-refractivity contribution is 6.30. The van der Waals surface area contributed by atoms with Crippen LogP contribution in [0.15, 0.2) is 24.5 Å². The van der Waals surface area contributed by atoms with Gasteiger partial charge in [-0.05, 0) is 43.2 Å². The lowest BCUT2D eigenvalue weighted by molar-refractivity contribution is 0.206. The van der Waals surface area contributed by atoms with E-state index in [9.17, 15) is 0 Å². The second-order valence-corrected chi connectivity index (χ2v) is 7.10. The Morgan fingerprint density at radius 3 is 2.80 bits per heavy atom. The summed E-state index contributed by atoms with van der Waals surface area (Å²) in [6, 6.07) is 4.47. The number of nitrogens with one attached hydrogen (secondary N) is 1. The maximum Gasteiger partial charge on any atom is 0.137 e. The third kappa shape index (κ3) is 3.15. The minimum Gasteiger partial charge on any atom is -0.308 e. The van der Waals surface area contributed by atoms with Crippen molar-refractivity contribution in [1.29, 1.82) is 0 Å². The summed E-state index contributed by atoms with van der Waals surface area (Å²) in [5.74, 6) is 0. The van der Waals surface area contributed by atoms with Crippen LogP contribution < -0.4 is 5.32 Å². The first-order valence-corrected chi connectivity index (χ1v) is 7.76. The molecule has 108 valence electrons. The smallest absolute Gasteiger partial charge is 0.137 e. The number of aromatic nitrogens is 2. The minimum atomic E-state index is 0.526. The Morgan fingerprint density at radius 2 is 2.05 bits per heavy atom. The molecule has 0 radical (unpaired) electrons. The van der Waals surface area contributed by atoms with Crippen molar-refractivity contribution < 1.29 is 0 Å². The van der Waals surface area contributed by atoms with Gasteiger partial charge in [-0.15, -0.1) is 0 Å². The number of imidazole rings is 1. The van der Waals surface area contributed by atoms with Gasteiger partial charge in [0.15, 0.2) is 0 Å². The fraction of sp³-hybridized carbons (Fsp3) is 0.562. The van der Waals surface area contributed by atoms with E-state index in [1.54, 1.807) is 0 Å². The average Bonchev–Trinajstić information content (AvgIpc) is 2.79.